The Hall–Kier alpha value is -0.940. The molecule has 94 valence electrons. The highest BCUT2D eigenvalue weighted by molar-refractivity contribution is 9.10. The molecule has 18 heavy (non-hydrogen) atoms. The van der Waals surface area contributed by atoms with Gasteiger partial charge in [0.1, 0.15) is 11.6 Å². The van der Waals surface area contributed by atoms with Crippen LogP contribution in [0.4, 0.5) is 14.5 Å². The SMILES string of the molecule is Fc1ccc(NCc2cc(Br)ccc2F)cc1Br. The zero-order valence-corrected chi connectivity index (χ0v) is 12.4. The maximum absolute atomic E-state index is 13.5. The van der Waals surface area contributed by atoms with Gasteiger partial charge in [0.15, 0.2) is 0 Å². The number of hydrogen-bond donors (Lipinski definition) is 1. The minimum absolute atomic E-state index is 0.271. The summed E-state index contributed by atoms with van der Waals surface area (Å²) in [7, 11) is 0. The lowest BCUT2D eigenvalue weighted by molar-refractivity contribution is 0.612. The average Bonchev–Trinajstić information content (AvgIpc) is 2.34. The van der Waals surface area contributed by atoms with Crippen LogP contribution in [0.25, 0.3) is 0 Å². The van der Waals surface area contributed by atoms with Crippen LogP contribution in [-0.2, 0) is 6.54 Å². The fourth-order valence-electron chi connectivity index (χ4n) is 1.48. The molecular formula is C13H9Br2F2N. The Balaban J connectivity index is 2.11. The molecule has 2 aromatic rings. The Kier molecular flexibility index (Phi) is 4.35. The third-order valence-corrected chi connectivity index (χ3v) is 3.51. The number of anilines is 1. The molecule has 0 aliphatic carbocycles. The Labute approximate surface area is 120 Å². The van der Waals surface area contributed by atoms with Crippen LogP contribution in [0.15, 0.2) is 45.3 Å². The molecule has 0 aliphatic rings. The van der Waals surface area contributed by atoms with Gasteiger partial charge < -0.3 is 5.32 Å². The van der Waals surface area contributed by atoms with Gasteiger partial charge in [-0.3, -0.25) is 0 Å². The lowest BCUT2D eigenvalue weighted by Gasteiger charge is -2.08. The van der Waals surface area contributed by atoms with Crippen LogP contribution in [0.2, 0.25) is 0 Å². The molecule has 0 fully saturated rings. The highest BCUT2D eigenvalue weighted by Gasteiger charge is 2.04. The fourth-order valence-corrected chi connectivity index (χ4v) is 2.27. The molecule has 0 saturated carbocycles. The largest absolute Gasteiger partial charge is 0.381 e. The predicted octanol–water partition coefficient (Wildman–Crippen LogP) is 5.10. The second-order valence-corrected chi connectivity index (χ2v) is 5.49. The summed E-state index contributed by atoms with van der Waals surface area (Å²) in [6.07, 6.45) is 0. The minimum Gasteiger partial charge on any atom is -0.381 e. The molecule has 0 aliphatic heterocycles. The molecule has 0 heterocycles. The van der Waals surface area contributed by atoms with Gasteiger partial charge in [0.2, 0.25) is 0 Å². The standard InChI is InChI=1S/C13H9Br2F2N/c14-9-1-3-12(16)8(5-9)7-18-10-2-4-13(17)11(15)6-10/h1-6,18H,7H2. The summed E-state index contributed by atoms with van der Waals surface area (Å²) < 4.78 is 27.7. The second kappa shape index (κ2) is 5.80. The van der Waals surface area contributed by atoms with Crippen molar-refractivity contribution in [2.45, 2.75) is 6.54 Å². The first kappa shape index (κ1) is 13.5. The van der Waals surface area contributed by atoms with Crippen molar-refractivity contribution in [3.05, 3.63) is 62.5 Å². The van der Waals surface area contributed by atoms with Crippen LogP contribution in [0.3, 0.4) is 0 Å². The third kappa shape index (κ3) is 3.29. The highest BCUT2D eigenvalue weighted by Crippen LogP contribution is 2.21. The van der Waals surface area contributed by atoms with Gasteiger partial charge in [-0.05, 0) is 52.3 Å². The van der Waals surface area contributed by atoms with E-state index in [1.54, 1.807) is 24.3 Å². The summed E-state index contributed by atoms with van der Waals surface area (Å²) in [5, 5.41) is 3.04. The van der Waals surface area contributed by atoms with E-state index >= 15 is 0 Å². The second-order valence-electron chi connectivity index (χ2n) is 3.72. The number of rotatable bonds is 3. The van der Waals surface area contributed by atoms with Gasteiger partial charge in [0.25, 0.3) is 0 Å². The molecule has 0 amide bonds. The van der Waals surface area contributed by atoms with Crippen LogP contribution >= 0.6 is 31.9 Å². The molecule has 0 spiro atoms. The average molecular weight is 377 g/mol. The molecule has 0 aromatic heterocycles. The van der Waals surface area contributed by atoms with E-state index in [0.29, 0.717) is 16.6 Å². The van der Waals surface area contributed by atoms with Crippen LogP contribution < -0.4 is 5.32 Å². The van der Waals surface area contributed by atoms with Crippen LogP contribution in [-0.4, -0.2) is 0 Å². The number of halogens is 4. The van der Waals surface area contributed by atoms with Crippen molar-refractivity contribution in [1.82, 2.24) is 0 Å². The van der Waals surface area contributed by atoms with Gasteiger partial charge in [-0.2, -0.15) is 0 Å². The predicted molar refractivity (Wildman–Crippen MR) is 75.5 cm³/mol. The lowest BCUT2D eigenvalue weighted by Crippen LogP contribution is -2.02. The summed E-state index contributed by atoms with van der Waals surface area (Å²) in [6, 6.07) is 9.33. The Morgan fingerprint density at radius 3 is 2.39 bits per heavy atom. The molecule has 2 rings (SSSR count). The van der Waals surface area contributed by atoms with Crippen molar-refractivity contribution < 1.29 is 8.78 Å². The van der Waals surface area contributed by atoms with Crippen LogP contribution in [0.1, 0.15) is 5.56 Å². The summed E-state index contributed by atoms with van der Waals surface area (Å²) in [5.41, 5.74) is 1.27. The summed E-state index contributed by atoms with van der Waals surface area (Å²) in [6.45, 7) is 0.337. The smallest absolute Gasteiger partial charge is 0.137 e. The van der Waals surface area contributed by atoms with Crippen molar-refractivity contribution in [2.24, 2.45) is 0 Å². The van der Waals surface area contributed by atoms with E-state index in [-0.39, 0.29) is 11.6 Å². The Morgan fingerprint density at radius 1 is 0.944 bits per heavy atom. The third-order valence-electron chi connectivity index (χ3n) is 2.41. The number of benzene rings is 2. The van der Waals surface area contributed by atoms with Gasteiger partial charge in [-0.25, -0.2) is 8.78 Å². The molecule has 2 aromatic carbocycles. The summed E-state index contributed by atoms with van der Waals surface area (Å²) in [5.74, 6) is -0.596. The first-order valence-corrected chi connectivity index (χ1v) is 6.78. The molecule has 5 heteroatoms. The monoisotopic (exact) mass is 375 g/mol. The van der Waals surface area contributed by atoms with E-state index in [0.717, 1.165) is 10.2 Å². The molecule has 0 radical (unpaired) electrons. The Bertz CT molecular complexity index is 573. The van der Waals surface area contributed by atoms with Gasteiger partial charge in [0, 0.05) is 22.3 Å². The number of hydrogen-bond acceptors (Lipinski definition) is 1. The summed E-state index contributed by atoms with van der Waals surface area (Å²) >= 11 is 6.39. The first-order chi connectivity index (χ1) is 8.56. The van der Waals surface area contributed by atoms with Gasteiger partial charge in [-0.15, -0.1) is 0 Å². The van der Waals surface area contributed by atoms with E-state index in [4.69, 9.17) is 0 Å². The molecule has 0 unspecified atom stereocenters. The maximum atomic E-state index is 13.5. The van der Waals surface area contributed by atoms with E-state index in [1.165, 1.54) is 12.1 Å². The van der Waals surface area contributed by atoms with Gasteiger partial charge in [0.05, 0.1) is 4.47 Å². The van der Waals surface area contributed by atoms with Crippen LogP contribution in [0, 0.1) is 11.6 Å². The van der Waals surface area contributed by atoms with Gasteiger partial charge >= 0.3 is 0 Å². The molecule has 0 saturated heterocycles. The molecule has 0 bridgehead atoms. The van der Waals surface area contributed by atoms with Crippen molar-refractivity contribution in [2.75, 3.05) is 5.32 Å². The van der Waals surface area contributed by atoms with Crippen molar-refractivity contribution >= 4 is 37.5 Å². The van der Waals surface area contributed by atoms with E-state index < -0.39 is 0 Å². The van der Waals surface area contributed by atoms with Crippen molar-refractivity contribution in [3.8, 4) is 0 Å². The first-order valence-electron chi connectivity index (χ1n) is 5.19. The summed E-state index contributed by atoms with van der Waals surface area (Å²) in [4.78, 5) is 0. The Morgan fingerprint density at radius 2 is 1.67 bits per heavy atom. The minimum atomic E-state index is -0.325. The quantitative estimate of drug-likeness (QED) is 0.785. The van der Waals surface area contributed by atoms with E-state index in [1.807, 2.05) is 0 Å². The molecular weight excluding hydrogens is 368 g/mol. The van der Waals surface area contributed by atoms with Crippen molar-refractivity contribution in [1.29, 1.82) is 0 Å². The fraction of sp³-hybridized carbons (Fsp3) is 0.0769. The number of nitrogens with one attached hydrogen (secondary N) is 1. The van der Waals surface area contributed by atoms with E-state index in [9.17, 15) is 8.78 Å². The van der Waals surface area contributed by atoms with Crippen molar-refractivity contribution in [3.63, 3.8) is 0 Å². The zero-order chi connectivity index (χ0) is 13.1. The molecule has 0 atom stereocenters. The normalized spacial score (nSPS) is 10.4. The molecule has 1 nitrogen and oxygen atoms in total. The zero-order valence-electron chi connectivity index (χ0n) is 9.18. The molecule has 1 N–H and O–H groups in total. The lowest BCUT2D eigenvalue weighted by atomic mass is 10.2. The van der Waals surface area contributed by atoms with Gasteiger partial charge in [-0.1, -0.05) is 15.9 Å². The van der Waals surface area contributed by atoms with E-state index in [2.05, 4.69) is 37.2 Å². The van der Waals surface area contributed by atoms with Crippen LogP contribution in [0.5, 0.6) is 0 Å². The highest BCUT2D eigenvalue weighted by atomic mass is 79.9. The maximum Gasteiger partial charge on any atom is 0.137 e. The topological polar surface area (TPSA) is 12.0 Å².